The monoisotopic (exact) mass is 557 g/mol. The van der Waals surface area contributed by atoms with E-state index in [1.807, 2.05) is 11.3 Å². The first-order valence-electron chi connectivity index (χ1n) is 14.4. The fourth-order valence-corrected chi connectivity index (χ4v) is 7.99. The number of rotatable bonds is 3. The average Bonchev–Trinajstić information content (AvgIpc) is 3.61. The van der Waals surface area contributed by atoms with Crippen LogP contribution in [0.2, 0.25) is 0 Å². The van der Waals surface area contributed by atoms with Crippen LogP contribution >= 0.6 is 11.3 Å². The zero-order valence-corrected chi connectivity index (χ0v) is 23.6. The van der Waals surface area contributed by atoms with Gasteiger partial charge in [0.2, 0.25) is 0 Å². The Hall–Kier alpha value is -4.90. The van der Waals surface area contributed by atoms with Crippen molar-refractivity contribution in [1.29, 1.82) is 0 Å². The summed E-state index contributed by atoms with van der Waals surface area (Å²) in [6.45, 7) is 0. The molecule has 42 heavy (non-hydrogen) atoms. The molecule has 4 heteroatoms. The third kappa shape index (κ3) is 3.56. The third-order valence-electron chi connectivity index (χ3n) is 8.70. The highest BCUT2D eigenvalue weighted by Crippen LogP contribution is 2.43. The van der Waals surface area contributed by atoms with E-state index in [4.69, 9.17) is 0 Å². The summed E-state index contributed by atoms with van der Waals surface area (Å²) in [4.78, 5) is 0. The molecule has 2 N–H and O–H groups in total. The Kier molecular flexibility index (Phi) is 5.27. The molecule has 6 aromatic carbocycles. The van der Waals surface area contributed by atoms with Crippen LogP contribution < -0.4 is 10.6 Å². The second-order valence-corrected chi connectivity index (χ2v) is 12.1. The van der Waals surface area contributed by atoms with Crippen molar-refractivity contribution in [2.45, 2.75) is 12.2 Å². The number of para-hydroxylation sites is 2. The smallest absolute Gasteiger partial charge is 0.104 e. The van der Waals surface area contributed by atoms with Crippen molar-refractivity contribution in [2.24, 2.45) is 0 Å². The minimum absolute atomic E-state index is 0.00777. The fraction of sp³-hybridized carbons (Fsp3) is 0.0526. The highest BCUT2D eigenvalue weighted by molar-refractivity contribution is 7.26. The molecule has 1 aliphatic heterocycles. The first-order valence-corrected chi connectivity index (χ1v) is 15.3. The van der Waals surface area contributed by atoms with Gasteiger partial charge >= 0.3 is 0 Å². The number of fused-ring (bicyclic) bond motifs is 8. The first-order chi connectivity index (χ1) is 20.8. The maximum Gasteiger partial charge on any atom is 0.104 e. The van der Waals surface area contributed by atoms with Crippen LogP contribution in [0.5, 0.6) is 0 Å². The van der Waals surface area contributed by atoms with Crippen molar-refractivity contribution in [3.05, 3.63) is 156 Å². The number of nitrogens with one attached hydrogen (secondary N) is 2. The van der Waals surface area contributed by atoms with Gasteiger partial charge < -0.3 is 9.88 Å². The van der Waals surface area contributed by atoms with Crippen LogP contribution in [0, 0.1) is 0 Å². The molecule has 0 spiro atoms. The molecule has 0 saturated carbocycles. The highest BCUT2D eigenvalue weighted by Gasteiger charge is 2.27. The molecule has 200 valence electrons. The lowest BCUT2D eigenvalue weighted by Crippen LogP contribution is -2.37. The number of hydrogen-bond acceptors (Lipinski definition) is 3. The van der Waals surface area contributed by atoms with Gasteiger partial charge in [-0.1, -0.05) is 109 Å². The van der Waals surface area contributed by atoms with Crippen molar-refractivity contribution >= 4 is 59.0 Å². The van der Waals surface area contributed by atoms with Crippen LogP contribution in [0.4, 0.5) is 5.69 Å². The van der Waals surface area contributed by atoms with Gasteiger partial charge in [-0.05, 0) is 47.0 Å². The van der Waals surface area contributed by atoms with E-state index in [0.29, 0.717) is 0 Å². The number of thiophene rings is 1. The van der Waals surface area contributed by atoms with Crippen molar-refractivity contribution in [3.8, 4) is 5.69 Å². The Labute approximate surface area is 247 Å². The van der Waals surface area contributed by atoms with Gasteiger partial charge in [0.1, 0.15) is 6.17 Å². The molecule has 3 nitrogen and oxygen atoms in total. The van der Waals surface area contributed by atoms with Gasteiger partial charge in [0.05, 0.1) is 21.8 Å². The largest absolute Gasteiger partial charge is 0.366 e. The van der Waals surface area contributed by atoms with E-state index in [1.54, 1.807) is 0 Å². The van der Waals surface area contributed by atoms with Crippen molar-refractivity contribution in [3.63, 3.8) is 0 Å². The predicted octanol–water partition coefficient (Wildman–Crippen LogP) is 9.95. The number of aromatic nitrogens is 1. The Morgan fingerprint density at radius 2 is 1.26 bits per heavy atom. The second-order valence-electron chi connectivity index (χ2n) is 11.1. The Bertz CT molecular complexity index is 2260. The minimum atomic E-state index is -0.00777. The standard InChI is InChI=1S/C38H27N3S/c1-2-10-24(11-3-1)35-31-14-4-7-15-32(31)39-38(40-35)25-18-20-26(21-19-25)41-33-16-8-5-12-27(33)29-22-23-30-28-13-6-9-17-34(28)42-37(30)36(29)41/h1-23,35,38-40H. The van der Waals surface area contributed by atoms with Crippen molar-refractivity contribution in [2.75, 3.05) is 5.32 Å². The molecule has 0 aliphatic carbocycles. The van der Waals surface area contributed by atoms with Gasteiger partial charge in [0, 0.05) is 37.6 Å². The number of hydrogen-bond donors (Lipinski definition) is 2. The molecule has 0 bridgehead atoms. The van der Waals surface area contributed by atoms with Gasteiger partial charge in [-0.15, -0.1) is 11.3 Å². The maximum absolute atomic E-state index is 3.88. The first kappa shape index (κ1) is 23.8. The summed E-state index contributed by atoms with van der Waals surface area (Å²) in [6.07, 6.45) is -0.00777. The molecule has 1 aliphatic rings. The van der Waals surface area contributed by atoms with Gasteiger partial charge in [-0.25, -0.2) is 0 Å². The number of benzene rings is 6. The van der Waals surface area contributed by atoms with Crippen LogP contribution in [0.1, 0.15) is 28.9 Å². The van der Waals surface area contributed by atoms with Gasteiger partial charge in [-0.3, -0.25) is 5.32 Å². The molecule has 8 aromatic rings. The molecule has 2 aromatic heterocycles. The summed E-state index contributed by atoms with van der Waals surface area (Å²) in [6, 6.07) is 50.7. The summed E-state index contributed by atoms with van der Waals surface area (Å²) in [7, 11) is 0. The quantitative estimate of drug-likeness (QED) is 0.226. The predicted molar refractivity (Wildman–Crippen MR) is 178 cm³/mol. The summed E-state index contributed by atoms with van der Waals surface area (Å²) < 4.78 is 5.12. The third-order valence-corrected chi connectivity index (χ3v) is 9.90. The lowest BCUT2D eigenvalue weighted by molar-refractivity contribution is 0.506. The molecule has 3 heterocycles. The molecule has 0 amide bonds. The Morgan fingerprint density at radius 1 is 0.548 bits per heavy atom. The normalized spacial score (nSPS) is 16.7. The number of nitrogens with zero attached hydrogens (tertiary/aromatic N) is 1. The van der Waals surface area contributed by atoms with E-state index in [9.17, 15) is 0 Å². The molecule has 2 atom stereocenters. The number of anilines is 1. The molecule has 2 unspecified atom stereocenters. The van der Waals surface area contributed by atoms with E-state index in [0.717, 1.165) is 0 Å². The molecule has 0 saturated heterocycles. The van der Waals surface area contributed by atoms with E-state index in [-0.39, 0.29) is 12.2 Å². The fourth-order valence-electron chi connectivity index (χ4n) is 6.75. The minimum Gasteiger partial charge on any atom is -0.366 e. The topological polar surface area (TPSA) is 29.0 Å². The van der Waals surface area contributed by atoms with E-state index in [2.05, 4.69) is 155 Å². The van der Waals surface area contributed by atoms with Crippen LogP contribution in [-0.4, -0.2) is 4.57 Å². The Balaban J connectivity index is 1.18. The lowest BCUT2D eigenvalue weighted by Gasteiger charge is -2.35. The summed E-state index contributed by atoms with van der Waals surface area (Å²) in [5.74, 6) is 0. The van der Waals surface area contributed by atoms with Crippen molar-refractivity contribution in [1.82, 2.24) is 9.88 Å². The molecular formula is C38H27N3S. The van der Waals surface area contributed by atoms with E-state index >= 15 is 0 Å². The highest BCUT2D eigenvalue weighted by atomic mass is 32.1. The van der Waals surface area contributed by atoms with Gasteiger partial charge in [-0.2, -0.15) is 0 Å². The average molecular weight is 558 g/mol. The SMILES string of the molecule is c1ccc(C2NC(c3ccc(-n4c5ccccc5c5ccc6c7ccccc7sc6c54)cc3)Nc3ccccc32)cc1. The lowest BCUT2D eigenvalue weighted by atomic mass is 9.93. The Morgan fingerprint density at radius 3 is 2.14 bits per heavy atom. The summed E-state index contributed by atoms with van der Waals surface area (Å²) in [5, 5.41) is 12.9. The van der Waals surface area contributed by atoms with E-state index < -0.39 is 0 Å². The second kappa shape index (κ2) is 9.31. The zero-order valence-electron chi connectivity index (χ0n) is 22.8. The van der Waals surface area contributed by atoms with Crippen molar-refractivity contribution < 1.29 is 0 Å². The van der Waals surface area contributed by atoms with Crippen LogP contribution in [-0.2, 0) is 0 Å². The van der Waals surface area contributed by atoms with Crippen LogP contribution in [0.15, 0.2) is 140 Å². The van der Waals surface area contributed by atoms with Crippen LogP contribution in [0.3, 0.4) is 0 Å². The maximum atomic E-state index is 3.88. The summed E-state index contributed by atoms with van der Waals surface area (Å²) in [5.41, 5.74) is 8.62. The molecular weight excluding hydrogens is 531 g/mol. The van der Waals surface area contributed by atoms with Gasteiger partial charge in [0.15, 0.2) is 0 Å². The molecule has 0 radical (unpaired) electrons. The zero-order chi connectivity index (χ0) is 27.6. The molecule has 0 fully saturated rings. The molecule has 9 rings (SSSR count). The van der Waals surface area contributed by atoms with E-state index in [1.165, 1.54) is 70.0 Å². The van der Waals surface area contributed by atoms with Crippen LogP contribution in [0.25, 0.3) is 47.7 Å². The van der Waals surface area contributed by atoms with Gasteiger partial charge in [0.25, 0.3) is 0 Å². The summed E-state index contributed by atoms with van der Waals surface area (Å²) >= 11 is 1.89.